The topological polar surface area (TPSA) is 169 Å². The van der Waals surface area contributed by atoms with Gasteiger partial charge in [-0.2, -0.15) is 0 Å². The predicted octanol–water partition coefficient (Wildman–Crippen LogP) is 7.53. The molecule has 11 heteroatoms. The highest BCUT2D eigenvalue weighted by Crippen LogP contribution is 2.23. The van der Waals surface area contributed by atoms with Crippen LogP contribution in [-0.2, 0) is 33.3 Å². The maximum absolute atomic E-state index is 12.7. The number of hydrogen-bond acceptors (Lipinski definition) is 10. The van der Waals surface area contributed by atoms with E-state index < -0.39 is 54.7 Å². The van der Waals surface area contributed by atoms with Crippen LogP contribution in [0.15, 0.2) is 0 Å². The summed E-state index contributed by atoms with van der Waals surface area (Å²) in [6.45, 7) is 3.79. The normalized spacial score (nSPS) is 21.2. The summed E-state index contributed by atoms with van der Waals surface area (Å²) in [6, 6.07) is 0. The minimum Gasteiger partial charge on any atom is -0.479 e. The molecule has 50 heavy (non-hydrogen) atoms. The predicted molar refractivity (Wildman–Crippen MR) is 192 cm³/mol. The zero-order chi connectivity index (χ0) is 36.8. The van der Waals surface area contributed by atoms with E-state index in [4.69, 9.17) is 18.9 Å². The van der Waals surface area contributed by atoms with E-state index in [-0.39, 0.29) is 26.1 Å². The van der Waals surface area contributed by atoms with Gasteiger partial charge in [0.1, 0.15) is 24.9 Å². The van der Waals surface area contributed by atoms with Crippen LogP contribution < -0.4 is 0 Å². The Kier molecular flexibility index (Phi) is 28.5. The van der Waals surface area contributed by atoms with Crippen molar-refractivity contribution < 1.29 is 53.8 Å². The summed E-state index contributed by atoms with van der Waals surface area (Å²) in [5.41, 5.74) is 0. The SMILES string of the molecule is CCCCCCCCCCCCCCCC(=O)OCC(COC1OC(C(=O)O)C(O)C(O)C1O)OC(=O)CCCCCCCCCCCCC. The van der Waals surface area contributed by atoms with Gasteiger partial charge in [0.25, 0.3) is 0 Å². The Morgan fingerprint density at radius 3 is 1.36 bits per heavy atom. The number of aliphatic carboxylic acids is 1. The smallest absolute Gasteiger partial charge is 0.335 e. The van der Waals surface area contributed by atoms with Crippen molar-refractivity contribution in [1.82, 2.24) is 0 Å². The summed E-state index contributed by atoms with van der Waals surface area (Å²) < 4.78 is 21.6. The van der Waals surface area contributed by atoms with Crippen LogP contribution in [0.2, 0.25) is 0 Å². The first-order valence-electron chi connectivity index (χ1n) is 20.1. The summed E-state index contributed by atoms with van der Waals surface area (Å²) in [5.74, 6) is -2.43. The first-order chi connectivity index (χ1) is 24.2. The quantitative estimate of drug-likeness (QED) is 0.0391. The van der Waals surface area contributed by atoms with Crippen LogP contribution in [-0.4, -0.2) is 88.4 Å². The number of aliphatic hydroxyl groups is 3. The zero-order valence-electron chi connectivity index (χ0n) is 31.4. The van der Waals surface area contributed by atoms with Crippen LogP contribution in [0.3, 0.4) is 0 Å². The molecule has 6 atom stereocenters. The largest absolute Gasteiger partial charge is 0.479 e. The fraction of sp³-hybridized carbons (Fsp3) is 0.923. The van der Waals surface area contributed by atoms with Gasteiger partial charge >= 0.3 is 17.9 Å². The summed E-state index contributed by atoms with van der Waals surface area (Å²) >= 11 is 0. The standard InChI is InChI=1S/C39H72O11/c1-3-5-7-9-11-13-15-16-18-19-21-23-25-27-32(40)47-29-31(30-48-39-36(44)34(42)35(43)37(50-39)38(45)46)49-33(41)28-26-24-22-20-17-14-12-10-8-6-4-2/h31,34-37,39,42-44H,3-30H2,1-2H3,(H,45,46). The average molecular weight is 717 g/mol. The fourth-order valence-corrected chi connectivity index (χ4v) is 6.23. The first kappa shape index (κ1) is 46.2. The molecule has 1 fully saturated rings. The van der Waals surface area contributed by atoms with Crippen LogP contribution in [0.5, 0.6) is 0 Å². The van der Waals surface area contributed by atoms with Gasteiger partial charge < -0.3 is 39.4 Å². The lowest BCUT2D eigenvalue weighted by Gasteiger charge is -2.38. The minimum atomic E-state index is -1.85. The average Bonchev–Trinajstić information content (AvgIpc) is 3.09. The number of carboxylic acids is 1. The molecule has 4 N–H and O–H groups in total. The van der Waals surface area contributed by atoms with Gasteiger partial charge in [-0.25, -0.2) is 4.79 Å². The highest BCUT2D eigenvalue weighted by Gasteiger charge is 2.47. The van der Waals surface area contributed by atoms with Crippen molar-refractivity contribution in [1.29, 1.82) is 0 Å². The summed E-state index contributed by atoms with van der Waals surface area (Å²) in [5, 5.41) is 39.6. The number of hydrogen-bond donors (Lipinski definition) is 4. The lowest BCUT2D eigenvalue weighted by Crippen LogP contribution is -2.60. The molecule has 0 bridgehead atoms. The van der Waals surface area contributed by atoms with Gasteiger partial charge in [-0.05, 0) is 12.8 Å². The molecule has 6 unspecified atom stereocenters. The third-order valence-electron chi connectivity index (χ3n) is 9.46. The molecule has 0 aromatic heterocycles. The van der Waals surface area contributed by atoms with Gasteiger partial charge in [0.05, 0.1) is 6.61 Å². The number of carbonyl (C=O) groups excluding carboxylic acids is 2. The molecule has 1 aliphatic rings. The van der Waals surface area contributed by atoms with Crippen molar-refractivity contribution in [2.45, 2.75) is 218 Å². The molecule has 11 nitrogen and oxygen atoms in total. The Labute approximate surface area is 302 Å². The molecule has 0 spiro atoms. The number of carbonyl (C=O) groups is 3. The lowest BCUT2D eigenvalue weighted by atomic mass is 9.99. The lowest BCUT2D eigenvalue weighted by molar-refractivity contribution is -0.298. The van der Waals surface area contributed by atoms with Crippen molar-refractivity contribution in [2.24, 2.45) is 0 Å². The summed E-state index contributed by atoms with van der Waals surface area (Å²) in [7, 11) is 0. The van der Waals surface area contributed by atoms with E-state index in [0.717, 1.165) is 38.5 Å². The number of aliphatic hydroxyl groups excluding tert-OH is 3. The van der Waals surface area contributed by atoms with Crippen molar-refractivity contribution in [3.8, 4) is 0 Å². The van der Waals surface area contributed by atoms with Crippen molar-refractivity contribution in [3.63, 3.8) is 0 Å². The van der Waals surface area contributed by atoms with E-state index in [1.165, 1.54) is 103 Å². The first-order valence-corrected chi connectivity index (χ1v) is 20.1. The minimum absolute atomic E-state index is 0.189. The van der Waals surface area contributed by atoms with Gasteiger partial charge in [-0.15, -0.1) is 0 Å². The van der Waals surface area contributed by atoms with E-state index in [0.29, 0.717) is 12.8 Å². The molecule has 0 aromatic rings. The van der Waals surface area contributed by atoms with Crippen LogP contribution in [0, 0.1) is 0 Å². The Morgan fingerprint density at radius 1 is 0.540 bits per heavy atom. The fourth-order valence-electron chi connectivity index (χ4n) is 6.23. The van der Waals surface area contributed by atoms with E-state index in [1.807, 2.05) is 0 Å². The van der Waals surface area contributed by atoms with Crippen molar-refractivity contribution in [2.75, 3.05) is 13.2 Å². The van der Waals surface area contributed by atoms with Gasteiger partial charge in [-0.1, -0.05) is 155 Å². The molecule has 0 aliphatic carbocycles. The van der Waals surface area contributed by atoms with E-state index >= 15 is 0 Å². The summed E-state index contributed by atoms with van der Waals surface area (Å²) in [4.78, 5) is 36.6. The Hall–Kier alpha value is -1.79. The molecule has 1 heterocycles. The van der Waals surface area contributed by atoms with Gasteiger partial charge in [0.2, 0.25) is 0 Å². The molecule has 0 saturated carbocycles. The van der Waals surface area contributed by atoms with Crippen LogP contribution in [0.4, 0.5) is 0 Å². The Bertz CT molecular complexity index is 854. The second-order valence-corrected chi connectivity index (χ2v) is 14.1. The van der Waals surface area contributed by atoms with E-state index in [2.05, 4.69) is 13.8 Å². The number of ether oxygens (including phenoxy) is 4. The molecule has 294 valence electrons. The van der Waals surface area contributed by atoms with Crippen LogP contribution in [0.25, 0.3) is 0 Å². The third-order valence-corrected chi connectivity index (χ3v) is 9.46. The molecule has 1 aliphatic heterocycles. The second-order valence-electron chi connectivity index (χ2n) is 14.1. The molecular formula is C39H72O11. The Morgan fingerprint density at radius 2 is 0.940 bits per heavy atom. The highest BCUT2D eigenvalue weighted by molar-refractivity contribution is 5.73. The van der Waals surface area contributed by atoms with Gasteiger partial charge in [0.15, 0.2) is 18.5 Å². The number of unbranched alkanes of at least 4 members (excludes halogenated alkanes) is 22. The monoisotopic (exact) mass is 717 g/mol. The molecule has 1 rings (SSSR count). The number of carboxylic acid groups (broad SMARTS) is 1. The third kappa shape index (κ3) is 22.9. The summed E-state index contributed by atoms with van der Waals surface area (Å²) in [6.07, 6.45) is 18.8. The number of rotatable bonds is 33. The molecule has 0 aromatic carbocycles. The second kappa shape index (κ2) is 30.8. The van der Waals surface area contributed by atoms with Crippen LogP contribution >= 0.6 is 0 Å². The molecule has 0 amide bonds. The highest BCUT2D eigenvalue weighted by atomic mass is 16.7. The Balaban J connectivity index is 2.42. The van der Waals surface area contributed by atoms with Crippen molar-refractivity contribution >= 4 is 17.9 Å². The van der Waals surface area contributed by atoms with Crippen molar-refractivity contribution in [3.05, 3.63) is 0 Å². The maximum Gasteiger partial charge on any atom is 0.335 e. The molecule has 0 radical (unpaired) electrons. The zero-order valence-corrected chi connectivity index (χ0v) is 31.4. The van der Waals surface area contributed by atoms with E-state index in [9.17, 15) is 34.8 Å². The number of esters is 2. The maximum atomic E-state index is 12.7. The molecular weight excluding hydrogens is 644 g/mol. The molecule has 1 saturated heterocycles. The van der Waals surface area contributed by atoms with Gasteiger partial charge in [0, 0.05) is 12.8 Å². The van der Waals surface area contributed by atoms with E-state index in [1.54, 1.807) is 0 Å². The van der Waals surface area contributed by atoms with Gasteiger partial charge in [-0.3, -0.25) is 9.59 Å². The van der Waals surface area contributed by atoms with Crippen LogP contribution in [0.1, 0.15) is 181 Å².